The molecule has 0 heteroatoms. The Labute approximate surface area is 246 Å². The first kappa shape index (κ1) is 24.6. The Morgan fingerprint density at radius 2 is 0.810 bits per heavy atom. The molecule has 0 unspecified atom stereocenters. The highest BCUT2D eigenvalue weighted by atomic mass is 14.2. The standard InChI is InChI=1S/C42H30/c1-2-28-13-15-32(16-14-28)39-27-40(33-19-17-30(18-20-33)29-9-5-3-6-10-29)38-26-25-36-35(31-11-7-4-8-12-31)23-21-34-22-24-37(39)42(38)41(34)36/h3-27H,2H2,1H3. The minimum absolute atomic E-state index is 1.04. The molecule has 0 aliphatic rings. The third kappa shape index (κ3) is 3.99. The minimum Gasteiger partial charge on any atom is -0.0622 e. The molecule has 0 aromatic heterocycles. The van der Waals surface area contributed by atoms with Gasteiger partial charge in [-0.25, -0.2) is 0 Å². The first-order valence-corrected chi connectivity index (χ1v) is 14.8. The summed E-state index contributed by atoms with van der Waals surface area (Å²) >= 11 is 0. The molecule has 0 saturated carbocycles. The molecule has 0 aliphatic heterocycles. The van der Waals surface area contributed by atoms with Gasteiger partial charge in [0.05, 0.1) is 0 Å². The summed E-state index contributed by atoms with van der Waals surface area (Å²) in [6.07, 6.45) is 1.04. The van der Waals surface area contributed by atoms with Crippen LogP contribution in [0.1, 0.15) is 12.5 Å². The van der Waals surface area contributed by atoms with E-state index < -0.39 is 0 Å². The van der Waals surface area contributed by atoms with Gasteiger partial charge in [0.2, 0.25) is 0 Å². The van der Waals surface area contributed by atoms with Crippen LogP contribution < -0.4 is 0 Å². The molecule has 42 heavy (non-hydrogen) atoms. The Morgan fingerprint density at radius 1 is 0.357 bits per heavy atom. The molecule has 0 radical (unpaired) electrons. The third-order valence-corrected chi connectivity index (χ3v) is 8.84. The summed E-state index contributed by atoms with van der Waals surface area (Å²) in [6.45, 7) is 2.22. The summed E-state index contributed by atoms with van der Waals surface area (Å²) in [5, 5.41) is 7.90. The highest BCUT2D eigenvalue weighted by Gasteiger charge is 2.18. The SMILES string of the molecule is CCc1ccc(-c2cc(-c3ccc(-c4ccccc4)cc3)c3ccc4c(-c5ccccc5)ccc5ccc2c3c54)cc1. The average Bonchev–Trinajstić information content (AvgIpc) is 3.08. The van der Waals surface area contributed by atoms with Gasteiger partial charge in [-0.2, -0.15) is 0 Å². The molecule has 0 nitrogen and oxygen atoms in total. The van der Waals surface area contributed by atoms with E-state index in [1.54, 1.807) is 0 Å². The normalized spacial score (nSPS) is 11.5. The van der Waals surface area contributed by atoms with Crippen LogP contribution >= 0.6 is 0 Å². The molecule has 0 aliphatic carbocycles. The maximum absolute atomic E-state index is 2.42. The second kappa shape index (κ2) is 10.0. The molecule has 0 heterocycles. The molecule has 0 atom stereocenters. The van der Waals surface area contributed by atoms with E-state index in [2.05, 4.69) is 159 Å². The number of rotatable bonds is 5. The lowest BCUT2D eigenvalue weighted by Gasteiger charge is -2.20. The minimum atomic E-state index is 1.04. The maximum Gasteiger partial charge on any atom is -0.00141 e. The highest BCUT2D eigenvalue weighted by molar-refractivity contribution is 6.29. The van der Waals surface area contributed by atoms with Gasteiger partial charge in [0.25, 0.3) is 0 Å². The van der Waals surface area contributed by atoms with Crippen LogP contribution in [0.15, 0.2) is 152 Å². The molecule has 8 aromatic carbocycles. The molecule has 0 N–H and O–H groups in total. The molecule has 8 rings (SSSR count). The van der Waals surface area contributed by atoms with E-state index >= 15 is 0 Å². The lowest BCUT2D eigenvalue weighted by atomic mass is 9.84. The molecule has 0 fully saturated rings. The predicted molar refractivity (Wildman–Crippen MR) is 181 cm³/mol. The van der Waals surface area contributed by atoms with Gasteiger partial charge in [-0.05, 0) is 94.9 Å². The monoisotopic (exact) mass is 534 g/mol. The Bertz CT molecular complexity index is 2170. The first-order valence-electron chi connectivity index (χ1n) is 14.8. The van der Waals surface area contributed by atoms with Crippen molar-refractivity contribution in [1.29, 1.82) is 0 Å². The summed E-state index contributed by atoms with van der Waals surface area (Å²) in [4.78, 5) is 0. The Balaban J connectivity index is 1.43. The van der Waals surface area contributed by atoms with Crippen molar-refractivity contribution >= 4 is 32.3 Å². The van der Waals surface area contributed by atoms with Crippen LogP contribution in [-0.2, 0) is 6.42 Å². The summed E-state index contributed by atoms with van der Waals surface area (Å²) < 4.78 is 0. The van der Waals surface area contributed by atoms with Gasteiger partial charge in [-0.15, -0.1) is 0 Å². The molecule has 0 amide bonds. The largest absolute Gasteiger partial charge is 0.0622 e. The fourth-order valence-corrected chi connectivity index (χ4v) is 6.64. The Morgan fingerprint density at radius 3 is 1.43 bits per heavy atom. The third-order valence-electron chi connectivity index (χ3n) is 8.84. The molecular weight excluding hydrogens is 504 g/mol. The van der Waals surface area contributed by atoms with E-state index in [4.69, 9.17) is 0 Å². The quantitative estimate of drug-likeness (QED) is 0.193. The molecule has 0 saturated heterocycles. The molecule has 8 aromatic rings. The summed E-state index contributed by atoms with van der Waals surface area (Å²) in [5.74, 6) is 0. The molecule has 0 spiro atoms. The van der Waals surface area contributed by atoms with E-state index in [0.29, 0.717) is 0 Å². The van der Waals surface area contributed by atoms with Crippen LogP contribution in [0.3, 0.4) is 0 Å². The average molecular weight is 535 g/mol. The zero-order chi connectivity index (χ0) is 28.0. The van der Waals surface area contributed by atoms with Gasteiger partial charge >= 0.3 is 0 Å². The lowest BCUT2D eigenvalue weighted by Crippen LogP contribution is -1.92. The number of aryl methyl sites for hydroxylation is 1. The van der Waals surface area contributed by atoms with E-state index in [1.807, 2.05) is 0 Å². The fourth-order valence-electron chi connectivity index (χ4n) is 6.64. The second-order valence-electron chi connectivity index (χ2n) is 11.2. The number of benzene rings is 8. The van der Waals surface area contributed by atoms with Crippen molar-refractivity contribution in [3.63, 3.8) is 0 Å². The van der Waals surface area contributed by atoms with Crippen molar-refractivity contribution in [2.45, 2.75) is 13.3 Å². The van der Waals surface area contributed by atoms with Crippen LogP contribution in [0.2, 0.25) is 0 Å². The van der Waals surface area contributed by atoms with E-state index in [1.165, 1.54) is 82.4 Å². The van der Waals surface area contributed by atoms with Gasteiger partial charge < -0.3 is 0 Å². The number of hydrogen-bond acceptors (Lipinski definition) is 0. The van der Waals surface area contributed by atoms with Crippen LogP contribution in [0.4, 0.5) is 0 Å². The van der Waals surface area contributed by atoms with Gasteiger partial charge in [0, 0.05) is 0 Å². The smallest absolute Gasteiger partial charge is 0.00141 e. The van der Waals surface area contributed by atoms with Gasteiger partial charge in [0.15, 0.2) is 0 Å². The lowest BCUT2D eigenvalue weighted by molar-refractivity contribution is 1.14. The van der Waals surface area contributed by atoms with Crippen molar-refractivity contribution in [2.24, 2.45) is 0 Å². The van der Waals surface area contributed by atoms with E-state index in [9.17, 15) is 0 Å². The van der Waals surface area contributed by atoms with Crippen LogP contribution in [0.5, 0.6) is 0 Å². The second-order valence-corrected chi connectivity index (χ2v) is 11.2. The maximum atomic E-state index is 2.42. The zero-order valence-electron chi connectivity index (χ0n) is 23.6. The summed E-state index contributed by atoms with van der Waals surface area (Å²) in [6, 6.07) is 55.9. The van der Waals surface area contributed by atoms with Crippen molar-refractivity contribution < 1.29 is 0 Å². The van der Waals surface area contributed by atoms with Crippen molar-refractivity contribution in [3.05, 3.63) is 157 Å². The van der Waals surface area contributed by atoms with Crippen LogP contribution in [0.25, 0.3) is 76.8 Å². The van der Waals surface area contributed by atoms with Gasteiger partial charge in [-0.3, -0.25) is 0 Å². The van der Waals surface area contributed by atoms with Gasteiger partial charge in [0.1, 0.15) is 0 Å². The molecule has 198 valence electrons. The van der Waals surface area contributed by atoms with Gasteiger partial charge in [-0.1, -0.05) is 153 Å². The Kier molecular flexibility index (Phi) is 5.86. The van der Waals surface area contributed by atoms with E-state index in [0.717, 1.165) is 6.42 Å². The summed E-state index contributed by atoms with van der Waals surface area (Å²) in [7, 11) is 0. The zero-order valence-corrected chi connectivity index (χ0v) is 23.6. The first-order chi connectivity index (χ1) is 20.8. The van der Waals surface area contributed by atoms with Crippen LogP contribution in [-0.4, -0.2) is 0 Å². The highest BCUT2D eigenvalue weighted by Crippen LogP contribution is 2.46. The molecule has 0 bridgehead atoms. The number of hydrogen-bond donors (Lipinski definition) is 0. The fraction of sp³-hybridized carbons (Fsp3) is 0.0476. The van der Waals surface area contributed by atoms with Crippen molar-refractivity contribution in [3.8, 4) is 44.5 Å². The predicted octanol–water partition coefficient (Wildman–Crippen LogP) is 11.8. The Hall–Kier alpha value is -5.20. The molecular formula is C42H30. The van der Waals surface area contributed by atoms with Crippen molar-refractivity contribution in [2.75, 3.05) is 0 Å². The van der Waals surface area contributed by atoms with E-state index in [-0.39, 0.29) is 0 Å². The topological polar surface area (TPSA) is 0 Å². The summed E-state index contributed by atoms with van der Waals surface area (Å²) in [5.41, 5.74) is 11.4. The van der Waals surface area contributed by atoms with Crippen LogP contribution in [0, 0.1) is 0 Å². The van der Waals surface area contributed by atoms with Crippen molar-refractivity contribution in [1.82, 2.24) is 0 Å².